The number of benzene rings is 2. The molecule has 0 aliphatic rings. The molecule has 0 saturated heterocycles. The highest BCUT2D eigenvalue weighted by molar-refractivity contribution is 5.86. The van der Waals surface area contributed by atoms with Gasteiger partial charge in [0, 0.05) is 6.42 Å². The molecule has 2 aromatic rings. The minimum atomic E-state index is -1.14. The van der Waals surface area contributed by atoms with E-state index in [0.29, 0.717) is 0 Å². The van der Waals surface area contributed by atoms with Gasteiger partial charge in [-0.3, -0.25) is 4.79 Å². The number of ether oxygens (including phenoxy) is 1. The van der Waals surface area contributed by atoms with Crippen molar-refractivity contribution in [1.29, 1.82) is 0 Å². The summed E-state index contributed by atoms with van der Waals surface area (Å²) in [5, 5.41) is 13.9. The Morgan fingerprint density at radius 2 is 1.50 bits per heavy atom. The van der Waals surface area contributed by atoms with E-state index in [0.717, 1.165) is 11.1 Å². The Balaban J connectivity index is 1.75. The fraction of sp³-hybridized carbons (Fsp3) is 0.211. The van der Waals surface area contributed by atoms with Crippen LogP contribution in [-0.2, 0) is 27.4 Å². The van der Waals surface area contributed by atoms with E-state index in [1.807, 2.05) is 24.3 Å². The third kappa shape index (κ3) is 6.64. The maximum atomic E-state index is 11.9. The third-order valence-corrected chi connectivity index (χ3v) is 3.52. The molecule has 0 radical (unpaired) electrons. The number of nitrogens with one attached hydrogen (secondary N) is 2. The minimum absolute atomic E-state index is 0.0834. The van der Waals surface area contributed by atoms with Crippen LogP contribution in [0, 0.1) is 0 Å². The molecule has 2 aromatic carbocycles. The van der Waals surface area contributed by atoms with Crippen molar-refractivity contribution in [2.75, 3.05) is 6.54 Å². The van der Waals surface area contributed by atoms with Crippen molar-refractivity contribution in [3.8, 4) is 0 Å². The monoisotopic (exact) mass is 356 g/mol. The Bertz CT molecular complexity index is 734. The van der Waals surface area contributed by atoms with E-state index < -0.39 is 24.0 Å². The Labute approximate surface area is 151 Å². The summed E-state index contributed by atoms with van der Waals surface area (Å²) >= 11 is 0. The van der Waals surface area contributed by atoms with Gasteiger partial charge >= 0.3 is 12.1 Å². The second-order valence-corrected chi connectivity index (χ2v) is 5.56. The number of carboxylic acid groups (broad SMARTS) is 1. The zero-order chi connectivity index (χ0) is 18.8. The van der Waals surface area contributed by atoms with Crippen LogP contribution in [0.5, 0.6) is 0 Å². The zero-order valence-electron chi connectivity index (χ0n) is 14.1. The van der Waals surface area contributed by atoms with Crippen LogP contribution in [-0.4, -0.2) is 35.7 Å². The molecule has 0 unspecified atom stereocenters. The summed E-state index contributed by atoms with van der Waals surface area (Å²) in [6.07, 6.45) is -0.598. The molecular formula is C19H20N2O5. The molecule has 0 bridgehead atoms. The van der Waals surface area contributed by atoms with Gasteiger partial charge in [0.05, 0.1) is 0 Å². The SMILES string of the molecule is O=C(CNC(=O)OCc1ccccc1)N[C@@H](Cc1ccccc1)C(=O)O. The molecule has 0 aliphatic carbocycles. The molecule has 2 rings (SSSR count). The quantitative estimate of drug-likeness (QED) is 0.668. The fourth-order valence-electron chi connectivity index (χ4n) is 2.22. The van der Waals surface area contributed by atoms with E-state index >= 15 is 0 Å². The summed E-state index contributed by atoms with van der Waals surface area (Å²) in [5.74, 6) is -1.75. The summed E-state index contributed by atoms with van der Waals surface area (Å²) in [6.45, 7) is -0.285. The highest BCUT2D eigenvalue weighted by Crippen LogP contribution is 2.03. The van der Waals surface area contributed by atoms with E-state index in [1.54, 1.807) is 36.4 Å². The van der Waals surface area contributed by atoms with Crippen LogP contribution in [0.3, 0.4) is 0 Å². The Hall–Kier alpha value is -3.35. The molecule has 0 aromatic heterocycles. The Morgan fingerprint density at radius 3 is 2.08 bits per heavy atom. The van der Waals surface area contributed by atoms with E-state index in [9.17, 15) is 19.5 Å². The van der Waals surface area contributed by atoms with Crippen LogP contribution in [0.25, 0.3) is 0 Å². The lowest BCUT2D eigenvalue weighted by atomic mass is 10.1. The van der Waals surface area contributed by atoms with Crippen molar-refractivity contribution in [2.24, 2.45) is 0 Å². The van der Waals surface area contributed by atoms with Gasteiger partial charge in [0.15, 0.2) is 0 Å². The molecule has 7 nitrogen and oxygen atoms in total. The number of carboxylic acids is 1. The number of rotatable bonds is 8. The summed E-state index contributed by atoms with van der Waals surface area (Å²) < 4.78 is 4.98. The van der Waals surface area contributed by atoms with Crippen LogP contribution in [0.2, 0.25) is 0 Å². The average Bonchev–Trinajstić information content (AvgIpc) is 2.66. The van der Waals surface area contributed by atoms with Crippen molar-refractivity contribution in [3.05, 3.63) is 71.8 Å². The molecule has 1 atom stereocenters. The molecule has 0 spiro atoms. The normalized spacial score (nSPS) is 11.2. The predicted molar refractivity (Wildman–Crippen MR) is 94.3 cm³/mol. The first-order chi connectivity index (χ1) is 12.5. The number of hydrogen-bond acceptors (Lipinski definition) is 4. The maximum absolute atomic E-state index is 11.9. The molecular weight excluding hydrogens is 336 g/mol. The number of carbonyl (C=O) groups excluding carboxylic acids is 2. The van der Waals surface area contributed by atoms with Crippen LogP contribution in [0.4, 0.5) is 4.79 Å². The topological polar surface area (TPSA) is 105 Å². The Morgan fingerprint density at radius 1 is 0.923 bits per heavy atom. The average molecular weight is 356 g/mol. The van der Waals surface area contributed by atoms with Crippen molar-refractivity contribution in [1.82, 2.24) is 10.6 Å². The Kier molecular flexibility index (Phi) is 7.17. The van der Waals surface area contributed by atoms with Crippen molar-refractivity contribution in [3.63, 3.8) is 0 Å². The van der Waals surface area contributed by atoms with E-state index in [-0.39, 0.29) is 19.6 Å². The van der Waals surface area contributed by atoms with Crippen LogP contribution < -0.4 is 10.6 Å². The minimum Gasteiger partial charge on any atom is -0.480 e. The lowest BCUT2D eigenvalue weighted by Gasteiger charge is -2.15. The number of carbonyl (C=O) groups is 3. The van der Waals surface area contributed by atoms with Crippen molar-refractivity contribution in [2.45, 2.75) is 19.1 Å². The summed E-state index contributed by atoms with van der Waals surface area (Å²) in [5.41, 5.74) is 1.61. The van der Waals surface area contributed by atoms with Crippen LogP contribution >= 0.6 is 0 Å². The first kappa shape index (κ1) is 19.0. The third-order valence-electron chi connectivity index (χ3n) is 3.52. The summed E-state index contributed by atoms with van der Waals surface area (Å²) in [4.78, 5) is 34.8. The smallest absolute Gasteiger partial charge is 0.407 e. The zero-order valence-corrected chi connectivity index (χ0v) is 14.1. The van der Waals surface area contributed by atoms with Crippen molar-refractivity contribution >= 4 is 18.0 Å². The molecule has 0 fully saturated rings. The van der Waals surface area contributed by atoms with Gasteiger partial charge in [-0.1, -0.05) is 60.7 Å². The van der Waals surface area contributed by atoms with E-state index in [2.05, 4.69) is 10.6 Å². The highest BCUT2D eigenvalue weighted by atomic mass is 16.5. The molecule has 136 valence electrons. The summed E-state index contributed by atoms with van der Waals surface area (Å²) in [6, 6.07) is 17.0. The molecule has 0 heterocycles. The highest BCUT2D eigenvalue weighted by Gasteiger charge is 2.20. The molecule has 0 saturated carbocycles. The van der Waals surface area contributed by atoms with Crippen molar-refractivity contribution < 1.29 is 24.2 Å². The second kappa shape index (κ2) is 9.83. The van der Waals surface area contributed by atoms with Gasteiger partial charge in [0.2, 0.25) is 5.91 Å². The van der Waals surface area contributed by atoms with Gasteiger partial charge in [-0.2, -0.15) is 0 Å². The van der Waals surface area contributed by atoms with Gasteiger partial charge in [0.25, 0.3) is 0 Å². The molecule has 0 aliphatic heterocycles. The fourth-order valence-corrected chi connectivity index (χ4v) is 2.22. The van der Waals surface area contributed by atoms with Gasteiger partial charge in [0.1, 0.15) is 19.2 Å². The molecule has 3 N–H and O–H groups in total. The molecule has 7 heteroatoms. The first-order valence-corrected chi connectivity index (χ1v) is 8.05. The number of amides is 2. The standard InChI is InChI=1S/C19H20N2O5/c22-17(12-20-19(25)26-13-15-9-5-2-6-10-15)21-16(18(23)24)11-14-7-3-1-4-8-14/h1-10,16H,11-13H2,(H,20,25)(H,21,22)(H,23,24)/t16-/m0/s1. The lowest BCUT2D eigenvalue weighted by Crippen LogP contribution is -2.46. The van der Waals surface area contributed by atoms with Gasteiger partial charge in [-0.25, -0.2) is 9.59 Å². The maximum Gasteiger partial charge on any atom is 0.407 e. The predicted octanol–water partition coefficient (Wildman–Crippen LogP) is 1.72. The lowest BCUT2D eigenvalue weighted by molar-refractivity contribution is -0.141. The second-order valence-electron chi connectivity index (χ2n) is 5.56. The van der Waals surface area contributed by atoms with Gasteiger partial charge in [-0.05, 0) is 11.1 Å². The largest absolute Gasteiger partial charge is 0.480 e. The number of alkyl carbamates (subject to hydrolysis) is 1. The molecule has 2 amide bonds. The van der Waals surface area contributed by atoms with E-state index in [1.165, 1.54) is 0 Å². The summed E-state index contributed by atoms with van der Waals surface area (Å²) in [7, 11) is 0. The number of aliphatic carboxylic acids is 1. The first-order valence-electron chi connectivity index (χ1n) is 8.05. The molecule has 26 heavy (non-hydrogen) atoms. The van der Waals surface area contributed by atoms with Gasteiger partial charge < -0.3 is 20.5 Å². The number of hydrogen-bond donors (Lipinski definition) is 3. The van der Waals surface area contributed by atoms with E-state index in [4.69, 9.17) is 4.74 Å². The van der Waals surface area contributed by atoms with Crippen LogP contribution in [0.1, 0.15) is 11.1 Å². The van der Waals surface area contributed by atoms with Crippen LogP contribution in [0.15, 0.2) is 60.7 Å². The van der Waals surface area contributed by atoms with Gasteiger partial charge in [-0.15, -0.1) is 0 Å².